The molecule has 0 N–H and O–H groups in total. The Kier molecular flexibility index (Phi) is 3.62. The minimum absolute atomic E-state index is 0.110. The van der Waals surface area contributed by atoms with Gasteiger partial charge in [-0.25, -0.2) is 0 Å². The molecule has 0 saturated carbocycles. The molecule has 102 valence electrons. The molecule has 0 unspecified atom stereocenters. The predicted octanol–water partition coefficient (Wildman–Crippen LogP) is 3.35. The molecule has 4 heteroatoms. The summed E-state index contributed by atoms with van der Waals surface area (Å²) in [6.45, 7) is 5.52. The maximum atomic E-state index is 12.6. The maximum absolute atomic E-state index is 12.6. The number of hydrogen-bond acceptors (Lipinski definition) is 3. The van der Waals surface area contributed by atoms with Crippen molar-refractivity contribution >= 4 is 11.6 Å². The van der Waals surface area contributed by atoms with Crippen molar-refractivity contribution in [2.45, 2.75) is 20.8 Å². The number of benzene rings is 1. The van der Waals surface area contributed by atoms with E-state index >= 15 is 0 Å². The quantitative estimate of drug-likeness (QED) is 0.839. The van der Waals surface area contributed by atoms with Crippen LogP contribution < -0.4 is 4.90 Å². The van der Waals surface area contributed by atoms with Gasteiger partial charge in [0.1, 0.15) is 11.5 Å². The average Bonchev–Trinajstić information content (AvgIpc) is 2.71. The van der Waals surface area contributed by atoms with Gasteiger partial charge in [-0.05, 0) is 45.0 Å². The average molecular weight is 268 g/mol. The van der Waals surface area contributed by atoms with Crippen LogP contribution in [0.15, 0.2) is 28.7 Å². The zero-order chi connectivity index (χ0) is 14.9. The zero-order valence-electron chi connectivity index (χ0n) is 12.0. The molecule has 2 rings (SSSR count). The molecule has 4 nitrogen and oxygen atoms in total. The van der Waals surface area contributed by atoms with Gasteiger partial charge in [0.2, 0.25) is 0 Å². The molecular formula is C16H16N2O2. The van der Waals surface area contributed by atoms with E-state index < -0.39 is 0 Å². The molecule has 0 radical (unpaired) electrons. The zero-order valence-corrected chi connectivity index (χ0v) is 12.0. The van der Waals surface area contributed by atoms with E-state index in [4.69, 9.17) is 9.68 Å². The second-order valence-electron chi connectivity index (χ2n) is 4.74. The summed E-state index contributed by atoms with van der Waals surface area (Å²) in [6, 6.07) is 8.96. The van der Waals surface area contributed by atoms with E-state index in [9.17, 15) is 4.79 Å². The third kappa shape index (κ3) is 2.30. The van der Waals surface area contributed by atoms with Gasteiger partial charge in [0.05, 0.1) is 17.2 Å². The topological polar surface area (TPSA) is 57.2 Å². The molecule has 0 atom stereocenters. The first-order chi connectivity index (χ1) is 9.45. The lowest BCUT2D eigenvalue weighted by Crippen LogP contribution is -2.27. The fourth-order valence-corrected chi connectivity index (χ4v) is 2.15. The first kappa shape index (κ1) is 13.9. The molecule has 20 heavy (non-hydrogen) atoms. The fourth-order valence-electron chi connectivity index (χ4n) is 2.15. The summed E-state index contributed by atoms with van der Waals surface area (Å²) in [5.41, 5.74) is 2.79. The summed E-state index contributed by atoms with van der Waals surface area (Å²) in [7, 11) is 1.71. The number of nitrogens with zero attached hydrogens (tertiary/aromatic N) is 2. The molecule has 1 aromatic carbocycles. The van der Waals surface area contributed by atoms with Crippen LogP contribution >= 0.6 is 0 Å². The SMILES string of the molecule is Cc1oc(C)c(C(=O)N(C)c2ccc(C#N)cc2)c1C. The number of rotatable bonds is 2. The van der Waals surface area contributed by atoms with Crippen LogP contribution in [0.5, 0.6) is 0 Å². The fraction of sp³-hybridized carbons (Fsp3) is 0.250. The standard InChI is InChI=1S/C16H16N2O2/c1-10-11(2)20-12(3)15(10)16(19)18(4)14-7-5-13(9-17)6-8-14/h5-8H,1-4H3. The summed E-state index contributed by atoms with van der Waals surface area (Å²) < 4.78 is 5.50. The summed E-state index contributed by atoms with van der Waals surface area (Å²) in [6.07, 6.45) is 0. The number of carbonyl (C=O) groups excluding carboxylic acids is 1. The van der Waals surface area contributed by atoms with E-state index in [1.807, 2.05) is 13.8 Å². The highest BCUT2D eigenvalue weighted by Gasteiger charge is 2.22. The highest BCUT2D eigenvalue weighted by molar-refractivity contribution is 6.07. The molecular weight excluding hydrogens is 252 g/mol. The lowest BCUT2D eigenvalue weighted by molar-refractivity contribution is 0.0991. The lowest BCUT2D eigenvalue weighted by atomic mass is 10.1. The number of furan rings is 1. The summed E-state index contributed by atoms with van der Waals surface area (Å²) in [4.78, 5) is 14.1. The van der Waals surface area contributed by atoms with Crippen LogP contribution in [0.4, 0.5) is 5.69 Å². The van der Waals surface area contributed by atoms with E-state index in [0.29, 0.717) is 16.9 Å². The second-order valence-corrected chi connectivity index (χ2v) is 4.74. The van der Waals surface area contributed by atoms with Gasteiger partial charge in [-0.15, -0.1) is 0 Å². The van der Waals surface area contributed by atoms with Crippen molar-refractivity contribution in [1.29, 1.82) is 5.26 Å². The van der Waals surface area contributed by atoms with Crippen LogP contribution in [0, 0.1) is 32.1 Å². The smallest absolute Gasteiger partial charge is 0.261 e. The Hall–Kier alpha value is -2.54. The number of aryl methyl sites for hydroxylation is 2. The number of nitriles is 1. The van der Waals surface area contributed by atoms with Crippen LogP contribution in [0.1, 0.15) is 33.0 Å². The van der Waals surface area contributed by atoms with Crippen molar-refractivity contribution in [3.63, 3.8) is 0 Å². The third-order valence-corrected chi connectivity index (χ3v) is 3.46. The van der Waals surface area contributed by atoms with Crippen molar-refractivity contribution in [1.82, 2.24) is 0 Å². The third-order valence-electron chi connectivity index (χ3n) is 3.46. The summed E-state index contributed by atoms with van der Waals surface area (Å²) in [5, 5.41) is 8.79. The first-order valence-corrected chi connectivity index (χ1v) is 6.30. The molecule has 0 aliphatic carbocycles. The molecule has 1 aromatic heterocycles. The van der Waals surface area contributed by atoms with Gasteiger partial charge < -0.3 is 9.32 Å². The van der Waals surface area contributed by atoms with E-state index in [2.05, 4.69) is 6.07 Å². The highest BCUT2D eigenvalue weighted by atomic mass is 16.3. The van der Waals surface area contributed by atoms with Crippen LogP contribution in [-0.4, -0.2) is 13.0 Å². The van der Waals surface area contributed by atoms with Crippen LogP contribution in [0.25, 0.3) is 0 Å². The minimum Gasteiger partial charge on any atom is -0.466 e. The van der Waals surface area contributed by atoms with Crippen molar-refractivity contribution in [3.05, 3.63) is 52.5 Å². The Morgan fingerprint density at radius 2 is 1.75 bits per heavy atom. The van der Waals surface area contributed by atoms with E-state index in [0.717, 1.165) is 17.0 Å². The van der Waals surface area contributed by atoms with Gasteiger partial charge in [-0.3, -0.25) is 4.79 Å². The largest absolute Gasteiger partial charge is 0.466 e. The van der Waals surface area contributed by atoms with Crippen molar-refractivity contribution < 1.29 is 9.21 Å². The maximum Gasteiger partial charge on any atom is 0.261 e. The van der Waals surface area contributed by atoms with Crippen LogP contribution in [-0.2, 0) is 0 Å². The van der Waals surface area contributed by atoms with Gasteiger partial charge in [0.15, 0.2) is 0 Å². The number of amides is 1. The number of carbonyl (C=O) groups is 1. The van der Waals surface area contributed by atoms with Crippen molar-refractivity contribution in [2.75, 3.05) is 11.9 Å². The highest BCUT2D eigenvalue weighted by Crippen LogP contribution is 2.24. The Balaban J connectivity index is 2.35. The van der Waals surface area contributed by atoms with E-state index in [1.165, 1.54) is 0 Å². The van der Waals surface area contributed by atoms with E-state index in [-0.39, 0.29) is 5.91 Å². The van der Waals surface area contributed by atoms with Crippen molar-refractivity contribution in [3.8, 4) is 6.07 Å². The molecule has 0 spiro atoms. The minimum atomic E-state index is -0.110. The number of anilines is 1. The van der Waals surface area contributed by atoms with Crippen molar-refractivity contribution in [2.24, 2.45) is 0 Å². The van der Waals surface area contributed by atoms with E-state index in [1.54, 1.807) is 43.1 Å². The molecule has 1 amide bonds. The number of hydrogen-bond donors (Lipinski definition) is 0. The van der Waals surface area contributed by atoms with Gasteiger partial charge in [-0.2, -0.15) is 5.26 Å². The normalized spacial score (nSPS) is 10.2. The predicted molar refractivity (Wildman–Crippen MR) is 76.8 cm³/mol. The molecule has 0 fully saturated rings. The van der Waals surface area contributed by atoms with Gasteiger partial charge in [0, 0.05) is 18.3 Å². The molecule has 2 aromatic rings. The molecule has 0 saturated heterocycles. The molecule has 1 heterocycles. The molecule has 0 bridgehead atoms. The second kappa shape index (κ2) is 5.22. The Morgan fingerprint density at radius 3 is 2.20 bits per heavy atom. The lowest BCUT2D eigenvalue weighted by Gasteiger charge is -2.17. The first-order valence-electron chi connectivity index (χ1n) is 6.30. The van der Waals surface area contributed by atoms with Gasteiger partial charge in [0.25, 0.3) is 5.91 Å². The molecule has 0 aliphatic rings. The Labute approximate surface area is 118 Å². The van der Waals surface area contributed by atoms with Gasteiger partial charge in [-0.1, -0.05) is 0 Å². The van der Waals surface area contributed by atoms with Gasteiger partial charge >= 0.3 is 0 Å². The molecule has 0 aliphatic heterocycles. The monoisotopic (exact) mass is 268 g/mol. The summed E-state index contributed by atoms with van der Waals surface area (Å²) >= 11 is 0. The van der Waals surface area contributed by atoms with Crippen LogP contribution in [0.3, 0.4) is 0 Å². The summed E-state index contributed by atoms with van der Waals surface area (Å²) in [5.74, 6) is 1.28. The van der Waals surface area contributed by atoms with Crippen LogP contribution in [0.2, 0.25) is 0 Å². The Bertz CT molecular complexity index is 691. The Morgan fingerprint density at radius 1 is 1.15 bits per heavy atom.